The van der Waals surface area contributed by atoms with Crippen LogP contribution in [-0.2, 0) is 0 Å². The zero-order valence-electron chi connectivity index (χ0n) is 11.4. The van der Waals surface area contributed by atoms with E-state index in [1.165, 1.54) is 13.2 Å². The van der Waals surface area contributed by atoms with Crippen molar-refractivity contribution in [3.63, 3.8) is 0 Å². The van der Waals surface area contributed by atoms with Crippen LogP contribution in [0.2, 0.25) is 0 Å². The summed E-state index contributed by atoms with van der Waals surface area (Å²) in [6.07, 6.45) is 7.32. The molecule has 0 spiro atoms. The van der Waals surface area contributed by atoms with E-state index in [1.54, 1.807) is 12.1 Å². The second-order valence-corrected chi connectivity index (χ2v) is 4.36. The van der Waals surface area contributed by atoms with E-state index < -0.39 is 5.82 Å². The number of benzene rings is 1. The van der Waals surface area contributed by atoms with Gasteiger partial charge in [-0.05, 0) is 24.1 Å². The quantitative estimate of drug-likeness (QED) is 0.742. The van der Waals surface area contributed by atoms with Crippen molar-refractivity contribution in [3.8, 4) is 18.1 Å². The van der Waals surface area contributed by atoms with Crippen molar-refractivity contribution < 1.29 is 9.13 Å². The first-order valence-electron chi connectivity index (χ1n) is 6.41. The molecule has 0 amide bonds. The number of nitrogens with two attached hydrogens (primary N) is 1. The summed E-state index contributed by atoms with van der Waals surface area (Å²) in [6.45, 7) is 2.42. The smallest absolute Gasteiger partial charge is 0.165 e. The van der Waals surface area contributed by atoms with Crippen LogP contribution in [0.1, 0.15) is 31.4 Å². The zero-order chi connectivity index (χ0) is 14.3. The molecule has 0 aromatic heterocycles. The maximum absolute atomic E-state index is 13.7. The molecule has 0 saturated carbocycles. The van der Waals surface area contributed by atoms with Crippen molar-refractivity contribution in [3.05, 3.63) is 29.6 Å². The van der Waals surface area contributed by atoms with Gasteiger partial charge in [-0.25, -0.2) is 4.39 Å². The van der Waals surface area contributed by atoms with Gasteiger partial charge in [0.05, 0.1) is 13.2 Å². The Morgan fingerprint density at radius 2 is 2.26 bits per heavy atom. The minimum absolute atomic E-state index is 0.0521. The van der Waals surface area contributed by atoms with Gasteiger partial charge in [-0.3, -0.25) is 5.32 Å². The number of ether oxygens (including phenoxy) is 1. The Kier molecular flexibility index (Phi) is 6.34. The minimum Gasteiger partial charge on any atom is -0.494 e. The number of rotatable bonds is 7. The normalized spacial score (nSPS) is 13.6. The van der Waals surface area contributed by atoms with Gasteiger partial charge in [0.15, 0.2) is 11.6 Å². The molecule has 2 atom stereocenters. The molecular formula is C15H21FN2O. The molecule has 0 saturated heterocycles. The standard InChI is InChI=1S/C15H21FN2O/c1-4-6-12(5-2)18-14(10-17)11-7-8-15(19-3)13(16)9-11/h2,7-9,12,14,18H,4,6,10,17H2,1,3H3. The molecule has 0 heterocycles. The SMILES string of the molecule is C#CC(CCC)NC(CN)c1ccc(OC)c(F)c1. The Balaban J connectivity index is 2.85. The van der Waals surface area contributed by atoms with E-state index in [0.717, 1.165) is 18.4 Å². The first-order chi connectivity index (χ1) is 9.15. The summed E-state index contributed by atoms with van der Waals surface area (Å²) in [5, 5.41) is 3.27. The van der Waals surface area contributed by atoms with E-state index in [-0.39, 0.29) is 17.8 Å². The van der Waals surface area contributed by atoms with Gasteiger partial charge in [-0.1, -0.05) is 25.3 Å². The Hall–Kier alpha value is -1.57. The van der Waals surface area contributed by atoms with Gasteiger partial charge in [0, 0.05) is 12.6 Å². The van der Waals surface area contributed by atoms with Crippen LogP contribution in [0.15, 0.2) is 18.2 Å². The number of hydrogen-bond acceptors (Lipinski definition) is 3. The summed E-state index contributed by atoms with van der Waals surface area (Å²) in [5.74, 6) is 2.52. The molecule has 0 radical (unpaired) electrons. The molecule has 3 N–H and O–H groups in total. The van der Waals surface area contributed by atoms with Crippen LogP contribution in [0, 0.1) is 18.2 Å². The molecule has 3 nitrogen and oxygen atoms in total. The minimum atomic E-state index is -0.395. The highest BCUT2D eigenvalue weighted by atomic mass is 19.1. The van der Waals surface area contributed by atoms with Crippen LogP contribution in [-0.4, -0.2) is 19.7 Å². The van der Waals surface area contributed by atoms with Crippen LogP contribution in [0.25, 0.3) is 0 Å². The van der Waals surface area contributed by atoms with E-state index in [0.29, 0.717) is 6.54 Å². The average molecular weight is 264 g/mol. The molecule has 2 unspecified atom stereocenters. The molecule has 19 heavy (non-hydrogen) atoms. The Morgan fingerprint density at radius 1 is 1.53 bits per heavy atom. The fraction of sp³-hybridized carbons (Fsp3) is 0.467. The highest BCUT2D eigenvalue weighted by Gasteiger charge is 2.15. The predicted molar refractivity (Wildman–Crippen MR) is 75.4 cm³/mol. The second kappa shape index (κ2) is 7.78. The number of halogens is 1. The van der Waals surface area contributed by atoms with Crippen molar-refractivity contribution in [1.82, 2.24) is 5.32 Å². The van der Waals surface area contributed by atoms with E-state index in [1.807, 2.05) is 0 Å². The van der Waals surface area contributed by atoms with Crippen molar-refractivity contribution in [2.24, 2.45) is 5.73 Å². The van der Waals surface area contributed by atoms with Gasteiger partial charge >= 0.3 is 0 Å². The van der Waals surface area contributed by atoms with Gasteiger partial charge in [-0.2, -0.15) is 0 Å². The largest absolute Gasteiger partial charge is 0.494 e. The highest BCUT2D eigenvalue weighted by molar-refractivity contribution is 5.31. The first-order valence-corrected chi connectivity index (χ1v) is 6.41. The van der Waals surface area contributed by atoms with Crippen molar-refractivity contribution >= 4 is 0 Å². The molecule has 0 fully saturated rings. The fourth-order valence-electron chi connectivity index (χ4n) is 1.95. The van der Waals surface area contributed by atoms with Gasteiger partial charge < -0.3 is 10.5 Å². The van der Waals surface area contributed by atoms with Gasteiger partial charge in [0.2, 0.25) is 0 Å². The van der Waals surface area contributed by atoms with Crippen LogP contribution in [0.3, 0.4) is 0 Å². The summed E-state index contributed by atoms with van der Waals surface area (Å²) in [4.78, 5) is 0. The highest BCUT2D eigenvalue weighted by Crippen LogP contribution is 2.22. The molecule has 104 valence electrons. The first kappa shape index (κ1) is 15.5. The summed E-state index contributed by atoms with van der Waals surface area (Å²) in [7, 11) is 1.44. The summed E-state index contributed by atoms with van der Waals surface area (Å²) < 4.78 is 18.6. The monoisotopic (exact) mass is 264 g/mol. The number of nitrogens with one attached hydrogen (secondary N) is 1. The third-order valence-electron chi connectivity index (χ3n) is 2.99. The fourth-order valence-corrected chi connectivity index (χ4v) is 1.95. The molecular weight excluding hydrogens is 243 g/mol. The third kappa shape index (κ3) is 4.23. The van der Waals surface area contributed by atoms with Crippen molar-refractivity contribution in [1.29, 1.82) is 0 Å². The molecule has 4 heteroatoms. The molecule has 1 rings (SSSR count). The van der Waals surface area contributed by atoms with Crippen molar-refractivity contribution in [2.75, 3.05) is 13.7 Å². The number of methoxy groups -OCH3 is 1. The van der Waals surface area contributed by atoms with Gasteiger partial charge in [-0.15, -0.1) is 6.42 Å². The molecule has 1 aromatic rings. The number of hydrogen-bond donors (Lipinski definition) is 2. The van der Waals surface area contributed by atoms with E-state index in [4.69, 9.17) is 16.9 Å². The molecule has 1 aromatic carbocycles. The Morgan fingerprint density at radius 3 is 2.74 bits per heavy atom. The van der Waals surface area contributed by atoms with Crippen molar-refractivity contribution in [2.45, 2.75) is 31.8 Å². The van der Waals surface area contributed by atoms with E-state index in [2.05, 4.69) is 18.2 Å². The predicted octanol–water partition coefficient (Wildman–Crippen LogP) is 2.23. The Labute approximate surface area is 114 Å². The van der Waals surface area contributed by atoms with Crippen LogP contribution in [0.5, 0.6) is 5.75 Å². The lowest BCUT2D eigenvalue weighted by molar-refractivity contribution is 0.385. The topological polar surface area (TPSA) is 47.3 Å². The van der Waals surface area contributed by atoms with E-state index in [9.17, 15) is 4.39 Å². The van der Waals surface area contributed by atoms with E-state index >= 15 is 0 Å². The maximum Gasteiger partial charge on any atom is 0.165 e. The lowest BCUT2D eigenvalue weighted by Gasteiger charge is -2.22. The lowest BCUT2D eigenvalue weighted by Crippen LogP contribution is -2.35. The second-order valence-electron chi connectivity index (χ2n) is 4.36. The zero-order valence-corrected chi connectivity index (χ0v) is 11.4. The van der Waals surface area contributed by atoms with Gasteiger partial charge in [0.1, 0.15) is 0 Å². The maximum atomic E-state index is 13.7. The lowest BCUT2D eigenvalue weighted by atomic mass is 10.0. The summed E-state index contributed by atoms with van der Waals surface area (Å²) in [6, 6.07) is 4.62. The third-order valence-corrected chi connectivity index (χ3v) is 2.99. The average Bonchev–Trinajstić information content (AvgIpc) is 2.43. The summed E-state index contributed by atoms with van der Waals surface area (Å²) in [5.41, 5.74) is 6.51. The van der Waals surface area contributed by atoms with Crippen LogP contribution < -0.4 is 15.8 Å². The van der Waals surface area contributed by atoms with Gasteiger partial charge in [0.25, 0.3) is 0 Å². The Bertz CT molecular complexity index is 442. The van der Waals surface area contributed by atoms with Crippen LogP contribution in [0.4, 0.5) is 4.39 Å². The summed E-state index contributed by atoms with van der Waals surface area (Å²) >= 11 is 0. The molecule has 0 aliphatic heterocycles. The molecule has 0 bridgehead atoms. The molecule has 0 aliphatic carbocycles. The van der Waals surface area contributed by atoms with Crippen LogP contribution >= 0.6 is 0 Å². The number of terminal acetylenes is 1. The molecule has 0 aliphatic rings.